The van der Waals surface area contributed by atoms with Gasteiger partial charge in [-0.3, -0.25) is 9.78 Å². The molecule has 0 bridgehead atoms. The van der Waals surface area contributed by atoms with Gasteiger partial charge in [0, 0.05) is 18.0 Å². The van der Waals surface area contributed by atoms with E-state index in [1.807, 2.05) is 0 Å². The number of carbonyl (C=O) groups excluding carboxylic acids is 1. The largest absolute Gasteiger partial charge is 0.333 e. The number of aromatic nitrogens is 3. The molecular weight excluding hydrogens is 278 g/mol. The molecule has 1 amide bonds. The molecule has 2 aromatic heterocycles. The average molecular weight is 292 g/mol. The lowest BCUT2D eigenvalue weighted by Crippen LogP contribution is -2.18. The van der Waals surface area contributed by atoms with Gasteiger partial charge in [0.1, 0.15) is 0 Å². The van der Waals surface area contributed by atoms with E-state index < -0.39 is 12.5 Å². The van der Waals surface area contributed by atoms with Crippen molar-refractivity contribution in [2.24, 2.45) is 5.92 Å². The number of halogens is 2. The van der Waals surface area contributed by atoms with Gasteiger partial charge >= 0.3 is 6.55 Å². The van der Waals surface area contributed by atoms with E-state index in [0.29, 0.717) is 10.2 Å². The zero-order valence-corrected chi connectivity index (χ0v) is 11.3. The van der Waals surface area contributed by atoms with Crippen LogP contribution in [-0.4, -0.2) is 20.7 Å². The Hall–Kier alpha value is -2.57. The maximum Gasteiger partial charge on any atom is 0.333 e. The minimum Gasteiger partial charge on any atom is -0.322 e. The van der Waals surface area contributed by atoms with Crippen LogP contribution < -0.4 is 5.32 Å². The van der Waals surface area contributed by atoms with Crippen LogP contribution >= 0.6 is 0 Å². The van der Waals surface area contributed by atoms with E-state index in [0.717, 1.165) is 0 Å². The molecule has 0 radical (unpaired) electrons. The molecule has 2 rings (SSSR count). The Labute approximate surface area is 120 Å². The summed E-state index contributed by atoms with van der Waals surface area (Å²) in [5.41, 5.74) is 0.765. The maximum absolute atomic E-state index is 13.0. The van der Waals surface area contributed by atoms with Gasteiger partial charge in [-0.15, -0.1) is 6.58 Å². The predicted octanol–water partition coefficient (Wildman–Crippen LogP) is 3.10. The lowest BCUT2D eigenvalue weighted by Gasteiger charge is -2.11. The molecule has 0 saturated carbocycles. The summed E-state index contributed by atoms with van der Waals surface area (Å²) in [6.45, 7) is 2.37. The van der Waals surface area contributed by atoms with Crippen LogP contribution in [0.1, 0.15) is 13.5 Å². The SMILES string of the molecule is C=C[C@@H](C)C(=O)Nc1cnn(C(F)F)c1-c1cccnc1. The highest BCUT2D eigenvalue weighted by atomic mass is 19.3. The van der Waals surface area contributed by atoms with E-state index in [1.165, 1.54) is 24.7 Å². The lowest BCUT2D eigenvalue weighted by atomic mass is 10.1. The summed E-state index contributed by atoms with van der Waals surface area (Å²) < 4.78 is 26.6. The van der Waals surface area contributed by atoms with Crippen LogP contribution in [0.5, 0.6) is 0 Å². The molecule has 21 heavy (non-hydrogen) atoms. The number of nitrogens with one attached hydrogen (secondary N) is 1. The van der Waals surface area contributed by atoms with Crippen LogP contribution in [0, 0.1) is 5.92 Å². The van der Waals surface area contributed by atoms with Gasteiger partial charge in [-0.05, 0) is 12.1 Å². The molecule has 2 heterocycles. The molecule has 5 nitrogen and oxygen atoms in total. The van der Waals surface area contributed by atoms with Crippen LogP contribution in [0.2, 0.25) is 0 Å². The van der Waals surface area contributed by atoms with Crippen LogP contribution in [0.15, 0.2) is 43.4 Å². The molecule has 0 spiro atoms. The van der Waals surface area contributed by atoms with Crippen molar-refractivity contribution in [3.63, 3.8) is 0 Å². The third-order valence-corrected chi connectivity index (χ3v) is 2.94. The van der Waals surface area contributed by atoms with Crippen LogP contribution in [0.4, 0.5) is 14.5 Å². The number of alkyl halides is 2. The maximum atomic E-state index is 13.0. The Balaban J connectivity index is 2.43. The fourth-order valence-corrected chi connectivity index (χ4v) is 1.75. The predicted molar refractivity (Wildman–Crippen MR) is 74.7 cm³/mol. The van der Waals surface area contributed by atoms with Gasteiger partial charge < -0.3 is 5.32 Å². The Morgan fingerprint density at radius 1 is 1.48 bits per heavy atom. The van der Waals surface area contributed by atoms with Gasteiger partial charge in [0.15, 0.2) is 0 Å². The third kappa shape index (κ3) is 3.13. The second kappa shape index (κ2) is 6.25. The zero-order valence-electron chi connectivity index (χ0n) is 11.3. The summed E-state index contributed by atoms with van der Waals surface area (Å²) in [6, 6.07) is 3.24. The minimum atomic E-state index is -2.82. The van der Waals surface area contributed by atoms with E-state index in [9.17, 15) is 13.6 Å². The fraction of sp³-hybridized carbons (Fsp3) is 0.214. The molecule has 2 aromatic rings. The van der Waals surface area contributed by atoms with Crippen LogP contribution in [-0.2, 0) is 4.79 Å². The molecule has 1 N–H and O–H groups in total. The monoisotopic (exact) mass is 292 g/mol. The average Bonchev–Trinajstić information content (AvgIpc) is 2.91. The fourth-order valence-electron chi connectivity index (χ4n) is 1.75. The van der Waals surface area contributed by atoms with Gasteiger partial charge in [-0.1, -0.05) is 13.0 Å². The van der Waals surface area contributed by atoms with E-state index in [1.54, 1.807) is 19.1 Å². The standard InChI is InChI=1S/C14H14F2N4O/c1-3-9(2)13(21)19-11-8-18-20(14(15)16)12(11)10-5-4-6-17-7-10/h3-9,14H,1H2,2H3,(H,19,21)/t9-/m1/s1. The summed E-state index contributed by atoms with van der Waals surface area (Å²) in [7, 11) is 0. The zero-order chi connectivity index (χ0) is 15.4. The first-order valence-corrected chi connectivity index (χ1v) is 6.24. The number of carbonyl (C=O) groups is 1. The molecule has 1 atom stereocenters. The Kier molecular flexibility index (Phi) is 4.42. The van der Waals surface area contributed by atoms with Gasteiger partial charge in [-0.25, -0.2) is 4.68 Å². The van der Waals surface area contributed by atoms with Crippen molar-refractivity contribution in [1.29, 1.82) is 0 Å². The number of nitrogens with zero attached hydrogens (tertiary/aromatic N) is 3. The number of anilines is 1. The van der Waals surface area contributed by atoms with Crippen molar-refractivity contribution in [1.82, 2.24) is 14.8 Å². The Morgan fingerprint density at radius 2 is 2.24 bits per heavy atom. The van der Waals surface area contributed by atoms with Crippen molar-refractivity contribution in [3.8, 4) is 11.3 Å². The first kappa shape index (κ1) is 14.8. The summed E-state index contributed by atoms with van der Waals surface area (Å²) in [6.07, 6.45) is 5.63. The minimum absolute atomic E-state index is 0.114. The van der Waals surface area contributed by atoms with Crippen molar-refractivity contribution in [2.45, 2.75) is 13.5 Å². The molecule has 7 heteroatoms. The van der Waals surface area contributed by atoms with Gasteiger partial charge in [0.05, 0.1) is 23.5 Å². The number of rotatable bonds is 5. The Morgan fingerprint density at radius 3 is 2.81 bits per heavy atom. The van der Waals surface area contributed by atoms with Crippen LogP contribution in [0.25, 0.3) is 11.3 Å². The lowest BCUT2D eigenvalue weighted by molar-refractivity contribution is -0.118. The number of pyridine rings is 1. The Bertz CT molecular complexity index is 640. The van der Waals surface area contributed by atoms with Crippen molar-refractivity contribution >= 4 is 11.6 Å². The highest BCUT2D eigenvalue weighted by Gasteiger charge is 2.21. The number of amides is 1. The normalized spacial score (nSPS) is 12.2. The topological polar surface area (TPSA) is 59.8 Å². The first-order chi connectivity index (χ1) is 10.0. The van der Waals surface area contributed by atoms with Crippen molar-refractivity contribution in [2.75, 3.05) is 5.32 Å². The van der Waals surface area contributed by atoms with Gasteiger partial charge in [0.25, 0.3) is 0 Å². The molecular formula is C14H14F2N4O. The summed E-state index contributed by atoms with van der Waals surface area (Å²) in [5, 5.41) is 6.21. The second-order valence-electron chi connectivity index (χ2n) is 4.38. The highest BCUT2D eigenvalue weighted by molar-refractivity contribution is 5.96. The third-order valence-electron chi connectivity index (χ3n) is 2.94. The van der Waals surface area contributed by atoms with Gasteiger partial charge in [0.2, 0.25) is 5.91 Å². The molecule has 0 aliphatic rings. The van der Waals surface area contributed by atoms with Gasteiger partial charge in [-0.2, -0.15) is 13.9 Å². The molecule has 0 fully saturated rings. The van der Waals surface area contributed by atoms with E-state index in [4.69, 9.17) is 0 Å². The quantitative estimate of drug-likeness (QED) is 0.861. The summed E-state index contributed by atoms with van der Waals surface area (Å²) in [4.78, 5) is 15.8. The van der Waals surface area contributed by atoms with Crippen molar-refractivity contribution < 1.29 is 13.6 Å². The van der Waals surface area contributed by atoms with E-state index in [2.05, 4.69) is 22.0 Å². The number of hydrogen-bond donors (Lipinski definition) is 1. The summed E-state index contributed by atoms with van der Waals surface area (Å²) >= 11 is 0. The molecule has 0 aliphatic carbocycles. The van der Waals surface area contributed by atoms with Crippen LogP contribution in [0.3, 0.4) is 0 Å². The molecule has 0 saturated heterocycles. The highest BCUT2D eigenvalue weighted by Crippen LogP contribution is 2.31. The van der Waals surface area contributed by atoms with Crippen molar-refractivity contribution in [3.05, 3.63) is 43.4 Å². The smallest absolute Gasteiger partial charge is 0.322 e. The summed E-state index contributed by atoms with van der Waals surface area (Å²) in [5.74, 6) is -0.786. The molecule has 110 valence electrons. The number of hydrogen-bond acceptors (Lipinski definition) is 3. The van der Waals surface area contributed by atoms with E-state index >= 15 is 0 Å². The molecule has 0 unspecified atom stereocenters. The molecule has 0 aromatic carbocycles. The second-order valence-corrected chi connectivity index (χ2v) is 4.38. The van der Waals surface area contributed by atoms with E-state index in [-0.39, 0.29) is 17.3 Å². The molecule has 0 aliphatic heterocycles. The first-order valence-electron chi connectivity index (χ1n) is 6.24.